The van der Waals surface area contributed by atoms with E-state index in [1.165, 1.54) is 0 Å². The molecule has 1 aromatic carbocycles. The number of aromatic amines is 1. The fourth-order valence-electron chi connectivity index (χ4n) is 2.02. The predicted octanol–water partition coefficient (Wildman–Crippen LogP) is 2.11. The normalized spacial score (nSPS) is 12.3. The van der Waals surface area contributed by atoms with E-state index in [4.69, 9.17) is 4.74 Å². The van der Waals surface area contributed by atoms with Crippen molar-refractivity contribution in [2.75, 3.05) is 11.3 Å². The first-order chi connectivity index (χ1) is 9.55. The Kier molecular flexibility index (Phi) is 4.41. The van der Waals surface area contributed by atoms with Crippen molar-refractivity contribution in [1.82, 2.24) is 4.98 Å². The number of rotatable bonds is 5. The highest BCUT2D eigenvalue weighted by molar-refractivity contribution is 7.80. The maximum atomic E-state index is 11.7. The number of esters is 1. The molecule has 0 saturated heterocycles. The third-order valence-corrected chi connectivity index (χ3v) is 3.30. The summed E-state index contributed by atoms with van der Waals surface area (Å²) < 4.78 is 28.8. The summed E-state index contributed by atoms with van der Waals surface area (Å²) in [5.41, 5.74) is 2.39. The zero-order valence-electron chi connectivity index (χ0n) is 11.2. The smallest absolute Gasteiger partial charge is 0.354 e. The van der Waals surface area contributed by atoms with Gasteiger partial charge < -0.3 is 19.0 Å². The number of fused-ring (bicyclic) bond motifs is 1. The molecule has 0 aliphatic carbocycles. The molecule has 20 heavy (non-hydrogen) atoms. The molecule has 2 aromatic rings. The number of benzene rings is 1. The zero-order chi connectivity index (χ0) is 14.7. The van der Waals surface area contributed by atoms with Crippen LogP contribution in [0.5, 0.6) is 0 Å². The Balaban J connectivity index is 2.46. The molecule has 2 N–H and O–H groups in total. The number of hydrogen-bond donors (Lipinski definition) is 2. The minimum absolute atomic E-state index is 0.302. The van der Waals surface area contributed by atoms with Gasteiger partial charge in [-0.1, -0.05) is 6.92 Å². The molecular formula is C13H15N2O4S-. The van der Waals surface area contributed by atoms with Crippen molar-refractivity contribution in [2.45, 2.75) is 20.3 Å². The monoisotopic (exact) mass is 295 g/mol. The lowest BCUT2D eigenvalue weighted by Crippen LogP contribution is -2.05. The number of aryl methyl sites for hydroxylation is 1. The van der Waals surface area contributed by atoms with Crippen LogP contribution in [0.25, 0.3) is 10.9 Å². The van der Waals surface area contributed by atoms with E-state index in [0.29, 0.717) is 29.9 Å². The third-order valence-electron chi connectivity index (χ3n) is 2.91. The topological polar surface area (TPSA) is 94.2 Å². The highest BCUT2D eigenvalue weighted by atomic mass is 32.2. The second kappa shape index (κ2) is 6.06. The second-order valence-corrected chi connectivity index (χ2v) is 4.86. The van der Waals surface area contributed by atoms with E-state index in [2.05, 4.69) is 9.71 Å². The number of ether oxygens (including phenoxy) is 1. The molecule has 1 heterocycles. The van der Waals surface area contributed by atoms with E-state index >= 15 is 0 Å². The summed E-state index contributed by atoms with van der Waals surface area (Å²) in [7, 11) is 0. The lowest BCUT2D eigenvalue weighted by atomic mass is 10.1. The van der Waals surface area contributed by atoms with Crippen molar-refractivity contribution in [1.29, 1.82) is 0 Å². The van der Waals surface area contributed by atoms with Crippen LogP contribution in [-0.4, -0.2) is 26.3 Å². The molecular weight excluding hydrogens is 280 g/mol. The number of nitrogens with one attached hydrogen (secondary N) is 2. The van der Waals surface area contributed by atoms with Crippen LogP contribution in [0.3, 0.4) is 0 Å². The Hall–Kier alpha value is -1.86. The third kappa shape index (κ3) is 3.00. The first kappa shape index (κ1) is 14.5. The van der Waals surface area contributed by atoms with Crippen molar-refractivity contribution < 1.29 is 18.3 Å². The van der Waals surface area contributed by atoms with Gasteiger partial charge in [0.05, 0.1) is 12.3 Å². The number of anilines is 1. The maximum Gasteiger partial charge on any atom is 0.354 e. The molecule has 0 bridgehead atoms. The number of carbonyl (C=O) groups is 1. The molecule has 7 heteroatoms. The van der Waals surface area contributed by atoms with Crippen LogP contribution in [0, 0.1) is 0 Å². The van der Waals surface area contributed by atoms with Gasteiger partial charge in [0.2, 0.25) is 0 Å². The highest BCUT2D eigenvalue weighted by Gasteiger charge is 2.12. The van der Waals surface area contributed by atoms with Crippen LogP contribution in [0.2, 0.25) is 0 Å². The van der Waals surface area contributed by atoms with Gasteiger partial charge in [-0.05, 0) is 37.1 Å². The average Bonchev–Trinajstić information content (AvgIpc) is 2.80. The average molecular weight is 295 g/mol. The van der Waals surface area contributed by atoms with E-state index in [9.17, 15) is 13.6 Å². The Labute approximate surface area is 118 Å². The number of carbonyl (C=O) groups excluding carboxylic acids is 1. The number of H-pyrrole nitrogens is 1. The molecule has 6 nitrogen and oxygen atoms in total. The quantitative estimate of drug-likeness (QED) is 0.652. The van der Waals surface area contributed by atoms with Crippen LogP contribution in [0.1, 0.15) is 29.9 Å². The second-order valence-electron chi connectivity index (χ2n) is 4.19. The fourth-order valence-corrected chi connectivity index (χ4v) is 2.39. The van der Waals surface area contributed by atoms with Crippen LogP contribution < -0.4 is 4.72 Å². The van der Waals surface area contributed by atoms with E-state index in [0.717, 1.165) is 10.9 Å². The molecule has 1 unspecified atom stereocenters. The SMILES string of the molecule is CCOC(=O)c1cc2cc(CC)c(NS(=O)[O-])cc2[nH]1. The minimum atomic E-state index is -2.38. The van der Waals surface area contributed by atoms with Gasteiger partial charge >= 0.3 is 5.97 Å². The maximum absolute atomic E-state index is 11.7. The molecule has 0 saturated carbocycles. The van der Waals surface area contributed by atoms with Gasteiger partial charge in [-0.3, -0.25) is 4.21 Å². The first-order valence-electron chi connectivity index (χ1n) is 6.23. The molecule has 108 valence electrons. The summed E-state index contributed by atoms with van der Waals surface area (Å²) >= 11 is -2.38. The number of aromatic nitrogens is 1. The van der Waals surface area contributed by atoms with Crippen LogP contribution in [0.4, 0.5) is 5.69 Å². The molecule has 0 fully saturated rings. The van der Waals surface area contributed by atoms with E-state index in [-0.39, 0.29) is 0 Å². The van der Waals surface area contributed by atoms with Gasteiger partial charge in [-0.25, -0.2) is 4.79 Å². The van der Waals surface area contributed by atoms with E-state index < -0.39 is 17.2 Å². The molecule has 2 rings (SSSR count). The van der Waals surface area contributed by atoms with Crippen molar-refractivity contribution >= 4 is 33.8 Å². The lowest BCUT2D eigenvalue weighted by Gasteiger charge is -2.12. The molecule has 0 aliphatic heterocycles. The first-order valence-corrected chi connectivity index (χ1v) is 7.31. The molecule has 1 aromatic heterocycles. The predicted molar refractivity (Wildman–Crippen MR) is 76.2 cm³/mol. The van der Waals surface area contributed by atoms with Crippen LogP contribution in [-0.2, 0) is 22.4 Å². The Bertz CT molecular complexity index is 666. The van der Waals surface area contributed by atoms with Crippen molar-refractivity contribution in [3.63, 3.8) is 0 Å². The summed E-state index contributed by atoms with van der Waals surface area (Å²) in [6, 6.07) is 5.22. The molecule has 0 amide bonds. The van der Waals surface area contributed by atoms with Crippen molar-refractivity contribution in [3.05, 3.63) is 29.5 Å². The summed E-state index contributed by atoms with van der Waals surface area (Å²) in [5.74, 6) is -0.427. The Morgan fingerprint density at radius 2 is 2.15 bits per heavy atom. The van der Waals surface area contributed by atoms with Crippen molar-refractivity contribution in [3.8, 4) is 0 Å². The van der Waals surface area contributed by atoms with Gasteiger partial charge in [0.25, 0.3) is 0 Å². The van der Waals surface area contributed by atoms with Gasteiger partial charge in [0.15, 0.2) is 0 Å². The summed E-state index contributed by atoms with van der Waals surface area (Å²) in [4.78, 5) is 14.6. The number of hydrogen-bond acceptors (Lipinski definition) is 4. The molecule has 0 radical (unpaired) electrons. The van der Waals surface area contributed by atoms with Gasteiger partial charge in [-0.15, -0.1) is 0 Å². The standard InChI is InChI=1S/C13H16N2O4S/c1-3-8-5-9-6-12(13(16)19-4-2)14-10(9)7-11(8)15-20(17)18/h5-7,14-15H,3-4H2,1-2H3,(H,17,18)/p-1. The van der Waals surface area contributed by atoms with Crippen LogP contribution in [0.15, 0.2) is 18.2 Å². The highest BCUT2D eigenvalue weighted by Crippen LogP contribution is 2.25. The lowest BCUT2D eigenvalue weighted by molar-refractivity contribution is 0.0520. The minimum Gasteiger partial charge on any atom is -0.755 e. The van der Waals surface area contributed by atoms with Gasteiger partial charge in [-0.2, -0.15) is 0 Å². The molecule has 1 atom stereocenters. The summed E-state index contributed by atoms with van der Waals surface area (Å²) in [6.45, 7) is 3.97. The largest absolute Gasteiger partial charge is 0.755 e. The Morgan fingerprint density at radius 1 is 1.40 bits per heavy atom. The van der Waals surface area contributed by atoms with Gasteiger partial charge in [0, 0.05) is 22.2 Å². The van der Waals surface area contributed by atoms with E-state index in [1.54, 1.807) is 19.1 Å². The summed E-state index contributed by atoms with van der Waals surface area (Å²) in [6.07, 6.45) is 0.676. The zero-order valence-corrected chi connectivity index (χ0v) is 12.0. The molecule has 0 aliphatic rings. The fraction of sp³-hybridized carbons (Fsp3) is 0.308. The molecule has 0 spiro atoms. The van der Waals surface area contributed by atoms with Crippen molar-refractivity contribution in [2.24, 2.45) is 0 Å². The summed E-state index contributed by atoms with van der Waals surface area (Å²) in [5, 5.41) is 0.840. The van der Waals surface area contributed by atoms with Crippen LogP contribution >= 0.6 is 0 Å². The van der Waals surface area contributed by atoms with Gasteiger partial charge in [0.1, 0.15) is 5.69 Å². The Morgan fingerprint density at radius 3 is 2.75 bits per heavy atom. The van der Waals surface area contributed by atoms with E-state index in [1.807, 2.05) is 13.0 Å².